The maximum absolute atomic E-state index is 11.3. The van der Waals surface area contributed by atoms with Crippen LogP contribution in [0.3, 0.4) is 0 Å². The molecule has 22 heavy (non-hydrogen) atoms. The molecule has 0 spiro atoms. The van der Waals surface area contributed by atoms with Crippen LogP contribution in [-0.2, 0) is 11.3 Å². The van der Waals surface area contributed by atoms with E-state index >= 15 is 0 Å². The Morgan fingerprint density at radius 1 is 1.18 bits per heavy atom. The van der Waals surface area contributed by atoms with Crippen molar-refractivity contribution >= 4 is 17.7 Å². The average molecular weight is 295 g/mol. The monoisotopic (exact) mass is 295 g/mol. The summed E-state index contributed by atoms with van der Waals surface area (Å²) in [6.07, 6.45) is 1.75. The lowest BCUT2D eigenvalue weighted by Crippen LogP contribution is -2.30. The van der Waals surface area contributed by atoms with Crippen LogP contribution in [0.25, 0.3) is 6.08 Å². The molecule has 0 saturated carbocycles. The molecule has 0 atom stereocenters. The van der Waals surface area contributed by atoms with Gasteiger partial charge in [0.05, 0.1) is 19.2 Å². The molecule has 0 radical (unpaired) electrons. The molecule has 4 nitrogen and oxygen atoms in total. The van der Waals surface area contributed by atoms with Gasteiger partial charge in [0.15, 0.2) is 0 Å². The van der Waals surface area contributed by atoms with E-state index in [9.17, 15) is 9.90 Å². The highest BCUT2D eigenvalue weighted by atomic mass is 16.5. The van der Waals surface area contributed by atoms with Crippen LogP contribution in [-0.4, -0.2) is 24.7 Å². The standard InChI is InChI=1S/C18H17NO3/c1-22-16-8-6-13(7-9-16)11-19-12-15(18(20)21)10-14-4-2-3-5-17(14)19/h2-10H,11-12H2,1H3,(H,20,21). The van der Waals surface area contributed by atoms with E-state index in [1.54, 1.807) is 13.2 Å². The number of ether oxygens (including phenoxy) is 1. The van der Waals surface area contributed by atoms with Gasteiger partial charge in [-0.2, -0.15) is 0 Å². The van der Waals surface area contributed by atoms with E-state index in [0.717, 1.165) is 22.6 Å². The Morgan fingerprint density at radius 2 is 1.91 bits per heavy atom. The molecule has 2 aromatic carbocycles. The van der Waals surface area contributed by atoms with E-state index in [-0.39, 0.29) is 0 Å². The molecule has 1 aliphatic rings. The van der Waals surface area contributed by atoms with Gasteiger partial charge in [0.1, 0.15) is 5.75 Å². The van der Waals surface area contributed by atoms with Gasteiger partial charge in [0.2, 0.25) is 0 Å². The zero-order chi connectivity index (χ0) is 15.5. The second kappa shape index (κ2) is 5.93. The lowest BCUT2D eigenvalue weighted by molar-refractivity contribution is -0.132. The smallest absolute Gasteiger partial charge is 0.333 e. The van der Waals surface area contributed by atoms with Gasteiger partial charge in [0, 0.05) is 12.2 Å². The molecule has 0 amide bonds. The lowest BCUT2D eigenvalue weighted by Gasteiger charge is -2.30. The van der Waals surface area contributed by atoms with Crippen molar-refractivity contribution in [2.24, 2.45) is 0 Å². The van der Waals surface area contributed by atoms with Gasteiger partial charge >= 0.3 is 5.97 Å². The number of carboxylic acid groups (broad SMARTS) is 1. The number of hydrogen-bond acceptors (Lipinski definition) is 3. The summed E-state index contributed by atoms with van der Waals surface area (Å²) in [5.74, 6) is -0.0526. The molecule has 2 aromatic rings. The Hall–Kier alpha value is -2.75. The number of aliphatic carboxylic acids is 1. The number of carboxylic acids is 1. The van der Waals surface area contributed by atoms with Crippen molar-refractivity contribution in [2.45, 2.75) is 6.54 Å². The largest absolute Gasteiger partial charge is 0.497 e. The number of fused-ring (bicyclic) bond motifs is 1. The van der Waals surface area contributed by atoms with E-state index in [4.69, 9.17) is 4.74 Å². The lowest BCUT2D eigenvalue weighted by atomic mass is 10.0. The molecule has 1 aliphatic heterocycles. The van der Waals surface area contributed by atoms with Crippen molar-refractivity contribution < 1.29 is 14.6 Å². The minimum Gasteiger partial charge on any atom is -0.497 e. The Kier molecular flexibility index (Phi) is 3.83. The minimum absolute atomic E-state index is 0.401. The molecule has 0 saturated heterocycles. The molecule has 1 N–H and O–H groups in total. The van der Waals surface area contributed by atoms with Gasteiger partial charge in [0.25, 0.3) is 0 Å². The summed E-state index contributed by atoms with van der Waals surface area (Å²) in [4.78, 5) is 13.4. The fraction of sp³-hybridized carbons (Fsp3) is 0.167. The molecule has 0 aliphatic carbocycles. The molecule has 0 bridgehead atoms. The minimum atomic E-state index is -0.866. The number of anilines is 1. The summed E-state index contributed by atoms with van der Waals surface area (Å²) in [5.41, 5.74) is 3.53. The van der Waals surface area contributed by atoms with Crippen LogP contribution in [0.2, 0.25) is 0 Å². The fourth-order valence-corrected chi connectivity index (χ4v) is 2.64. The Balaban J connectivity index is 1.89. The van der Waals surface area contributed by atoms with Gasteiger partial charge < -0.3 is 14.7 Å². The highest BCUT2D eigenvalue weighted by molar-refractivity contribution is 5.96. The molecular formula is C18H17NO3. The number of carbonyl (C=O) groups is 1. The second-order valence-corrected chi connectivity index (χ2v) is 5.24. The molecule has 112 valence electrons. The second-order valence-electron chi connectivity index (χ2n) is 5.24. The van der Waals surface area contributed by atoms with Crippen LogP contribution >= 0.6 is 0 Å². The van der Waals surface area contributed by atoms with E-state index in [1.807, 2.05) is 48.5 Å². The quantitative estimate of drug-likeness (QED) is 0.941. The van der Waals surface area contributed by atoms with Crippen LogP contribution in [0.5, 0.6) is 5.75 Å². The number of benzene rings is 2. The van der Waals surface area contributed by atoms with Gasteiger partial charge in [-0.05, 0) is 35.4 Å². The first kappa shape index (κ1) is 14.2. The van der Waals surface area contributed by atoms with Crippen LogP contribution < -0.4 is 9.64 Å². The molecule has 1 heterocycles. The fourth-order valence-electron chi connectivity index (χ4n) is 2.64. The first-order chi connectivity index (χ1) is 10.7. The Morgan fingerprint density at radius 3 is 2.59 bits per heavy atom. The van der Waals surface area contributed by atoms with Gasteiger partial charge in [-0.1, -0.05) is 30.3 Å². The first-order valence-corrected chi connectivity index (χ1v) is 7.08. The molecule has 4 heteroatoms. The van der Waals surface area contributed by atoms with Crippen molar-refractivity contribution in [1.82, 2.24) is 0 Å². The maximum Gasteiger partial charge on any atom is 0.333 e. The van der Waals surface area contributed by atoms with E-state index in [0.29, 0.717) is 18.7 Å². The van der Waals surface area contributed by atoms with Crippen LogP contribution in [0, 0.1) is 0 Å². The molecule has 0 fully saturated rings. The topological polar surface area (TPSA) is 49.8 Å². The SMILES string of the molecule is COc1ccc(CN2CC(C(=O)O)=Cc3ccccc32)cc1. The normalized spacial score (nSPS) is 13.3. The maximum atomic E-state index is 11.3. The molecule has 0 aromatic heterocycles. The van der Waals surface area contributed by atoms with Crippen LogP contribution in [0.1, 0.15) is 11.1 Å². The number of hydrogen-bond donors (Lipinski definition) is 1. The van der Waals surface area contributed by atoms with Gasteiger partial charge in [-0.25, -0.2) is 4.79 Å². The van der Waals surface area contributed by atoms with Gasteiger partial charge in [-0.3, -0.25) is 0 Å². The van der Waals surface area contributed by atoms with E-state index < -0.39 is 5.97 Å². The van der Waals surface area contributed by atoms with E-state index in [2.05, 4.69) is 4.90 Å². The average Bonchev–Trinajstić information content (AvgIpc) is 2.55. The predicted molar refractivity (Wildman–Crippen MR) is 86.1 cm³/mol. The summed E-state index contributed by atoms with van der Waals surface area (Å²) < 4.78 is 5.16. The van der Waals surface area contributed by atoms with Crippen molar-refractivity contribution in [1.29, 1.82) is 0 Å². The number of rotatable bonds is 4. The summed E-state index contributed by atoms with van der Waals surface area (Å²) in [7, 11) is 1.64. The van der Waals surface area contributed by atoms with Crippen molar-refractivity contribution in [3.05, 3.63) is 65.2 Å². The number of nitrogens with zero attached hydrogens (tertiary/aromatic N) is 1. The third kappa shape index (κ3) is 2.81. The van der Waals surface area contributed by atoms with Crippen molar-refractivity contribution in [3.8, 4) is 5.75 Å². The highest BCUT2D eigenvalue weighted by Crippen LogP contribution is 2.30. The Labute approximate surface area is 129 Å². The summed E-state index contributed by atoms with van der Waals surface area (Å²) in [6.45, 7) is 1.06. The zero-order valence-electron chi connectivity index (χ0n) is 12.3. The zero-order valence-corrected chi connectivity index (χ0v) is 12.3. The van der Waals surface area contributed by atoms with Crippen LogP contribution in [0.4, 0.5) is 5.69 Å². The number of para-hydroxylation sites is 1. The Bertz CT molecular complexity index is 719. The highest BCUT2D eigenvalue weighted by Gasteiger charge is 2.21. The summed E-state index contributed by atoms with van der Waals surface area (Å²) in [5, 5.41) is 9.30. The summed E-state index contributed by atoms with van der Waals surface area (Å²) >= 11 is 0. The van der Waals surface area contributed by atoms with Crippen LogP contribution in [0.15, 0.2) is 54.1 Å². The third-order valence-electron chi connectivity index (χ3n) is 3.78. The third-order valence-corrected chi connectivity index (χ3v) is 3.78. The van der Waals surface area contributed by atoms with Crippen molar-refractivity contribution in [3.63, 3.8) is 0 Å². The van der Waals surface area contributed by atoms with Gasteiger partial charge in [-0.15, -0.1) is 0 Å². The first-order valence-electron chi connectivity index (χ1n) is 7.08. The van der Waals surface area contributed by atoms with E-state index in [1.165, 1.54) is 0 Å². The molecule has 3 rings (SSSR count). The van der Waals surface area contributed by atoms with Crippen molar-refractivity contribution in [2.75, 3.05) is 18.6 Å². The summed E-state index contributed by atoms with van der Waals surface area (Å²) in [6, 6.07) is 15.7. The molecular weight excluding hydrogens is 278 g/mol. The predicted octanol–water partition coefficient (Wildman–Crippen LogP) is 3.18. The molecule has 0 unspecified atom stereocenters. The number of methoxy groups -OCH3 is 1.